The number of hydrogen-bond acceptors (Lipinski definition) is 5. The van der Waals surface area contributed by atoms with Crippen molar-refractivity contribution in [2.45, 2.75) is 180 Å². The molecule has 0 aromatic carbocycles. The lowest BCUT2D eigenvalue weighted by Crippen LogP contribution is -2.46. The highest BCUT2D eigenvalue weighted by Gasteiger charge is 2.28. The van der Waals surface area contributed by atoms with Gasteiger partial charge in [0, 0.05) is 6.42 Å². The summed E-state index contributed by atoms with van der Waals surface area (Å²) in [7, 11) is 1.59. The van der Waals surface area contributed by atoms with E-state index in [2.05, 4.69) is 104 Å². The van der Waals surface area contributed by atoms with Crippen molar-refractivity contribution in [3.05, 3.63) is 85.1 Å². The first-order valence-electron chi connectivity index (χ1n) is 23.0. The number of hydrogen-bond donors (Lipinski definition) is 3. The van der Waals surface area contributed by atoms with E-state index in [1.54, 1.807) is 0 Å². The van der Waals surface area contributed by atoms with Crippen LogP contribution in [0.25, 0.3) is 0 Å². The SMILES string of the molecule is CC/C=C\C/C=C\C/C=C\C/C=C\C/C=C\C/C=C\C/C=C\CCCCCCCCCC(=O)NC(COP(=O)(O)OCC[N+](C)(C)C)C(O)CCCCCCCCC. The van der Waals surface area contributed by atoms with E-state index in [0.29, 0.717) is 23.9 Å². The van der Waals surface area contributed by atoms with Crippen LogP contribution in [-0.4, -0.2) is 73.4 Å². The Bertz CT molecular complexity index is 1220. The molecule has 0 aromatic heterocycles. The Morgan fingerprint density at radius 2 is 1.03 bits per heavy atom. The summed E-state index contributed by atoms with van der Waals surface area (Å²) in [6.07, 6.45) is 54.9. The van der Waals surface area contributed by atoms with Crippen molar-refractivity contribution < 1.29 is 32.9 Å². The maximum Gasteiger partial charge on any atom is 0.472 e. The van der Waals surface area contributed by atoms with Crippen LogP contribution in [0.5, 0.6) is 0 Å². The third-order valence-corrected chi connectivity index (χ3v) is 10.6. The van der Waals surface area contributed by atoms with E-state index in [4.69, 9.17) is 9.05 Å². The summed E-state index contributed by atoms with van der Waals surface area (Å²) in [6, 6.07) is -0.769. The number of carbonyl (C=O) groups is 1. The number of amides is 1. The first-order chi connectivity index (χ1) is 28.0. The number of rotatable bonds is 40. The number of nitrogens with zero attached hydrogens (tertiary/aromatic N) is 1. The van der Waals surface area contributed by atoms with Gasteiger partial charge in [0.2, 0.25) is 5.91 Å². The van der Waals surface area contributed by atoms with E-state index in [1.165, 1.54) is 44.9 Å². The van der Waals surface area contributed by atoms with Crippen molar-refractivity contribution in [3.8, 4) is 0 Å². The summed E-state index contributed by atoms with van der Waals surface area (Å²) in [6.45, 7) is 4.69. The third kappa shape index (κ3) is 41.8. The maximum atomic E-state index is 12.8. The van der Waals surface area contributed by atoms with Gasteiger partial charge in [-0.1, -0.05) is 176 Å². The van der Waals surface area contributed by atoms with Crippen LogP contribution in [-0.2, 0) is 18.4 Å². The van der Waals surface area contributed by atoms with E-state index in [0.717, 1.165) is 96.3 Å². The fraction of sp³-hybridized carbons (Fsp3) is 0.694. The summed E-state index contributed by atoms with van der Waals surface area (Å²) >= 11 is 0. The van der Waals surface area contributed by atoms with Crippen molar-refractivity contribution in [2.75, 3.05) is 40.9 Å². The van der Waals surface area contributed by atoms with Crippen molar-refractivity contribution in [1.82, 2.24) is 5.32 Å². The van der Waals surface area contributed by atoms with Crippen LogP contribution in [0.2, 0.25) is 0 Å². The molecule has 0 saturated carbocycles. The molecule has 0 aliphatic heterocycles. The third-order valence-electron chi connectivity index (χ3n) is 9.66. The molecule has 3 unspecified atom stereocenters. The molecule has 8 nitrogen and oxygen atoms in total. The molecule has 0 spiro atoms. The molecular weight excluding hydrogens is 744 g/mol. The largest absolute Gasteiger partial charge is 0.472 e. The fourth-order valence-corrected chi connectivity index (χ4v) is 6.76. The average Bonchev–Trinajstić information content (AvgIpc) is 3.17. The number of quaternary nitrogens is 1. The van der Waals surface area contributed by atoms with Crippen LogP contribution in [0.15, 0.2) is 85.1 Å². The van der Waals surface area contributed by atoms with E-state index < -0.39 is 20.0 Å². The molecule has 58 heavy (non-hydrogen) atoms. The van der Waals surface area contributed by atoms with Gasteiger partial charge in [0.25, 0.3) is 0 Å². The Hall–Kier alpha value is -2.32. The predicted octanol–water partition coefficient (Wildman–Crippen LogP) is 13.0. The second-order valence-electron chi connectivity index (χ2n) is 16.4. The molecule has 0 saturated heterocycles. The molecule has 0 aromatic rings. The van der Waals surface area contributed by atoms with Crippen LogP contribution >= 0.6 is 7.82 Å². The lowest BCUT2D eigenvalue weighted by atomic mass is 10.0. The average molecular weight is 832 g/mol. The second-order valence-corrected chi connectivity index (χ2v) is 17.9. The molecule has 0 rings (SSSR count). The summed E-state index contributed by atoms with van der Waals surface area (Å²) in [5.41, 5.74) is 0. The van der Waals surface area contributed by atoms with Gasteiger partial charge in [0.05, 0.1) is 39.9 Å². The fourth-order valence-electron chi connectivity index (χ4n) is 6.02. The van der Waals surface area contributed by atoms with E-state index in [9.17, 15) is 19.4 Å². The van der Waals surface area contributed by atoms with Crippen LogP contribution in [0.4, 0.5) is 0 Å². The van der Waals surface area contributed by atoms with Gasteiger partial charge < -0.3 is 19.8 Å². The number of phosphoric ester groups is 1. The summed E-state index contributed by atoms with van der Waals surface area (Å²) in [5.74, 6) is -0.165. The molecule has 1 amide bonds. The predicted molar refractivity (Wildman–Crippen MR) is 249 cm³/mol. The molecular formula is C49H88N2O6P+. The van der Waals surface area contributed by atoms with Crippen molar-refractivity contribution >= 4 is 13.7 Å². The first-order valence-corrected chi connectivity index (χ1v) is 24.4. The zero-order valence-electron chi connectivity index (χ0n) is 37.8. The zero-order chi connectivity index (χ0) is 42.8. The zero-order valence-corrected chi connectivity index (χ0v) is 38.6. The molecule has 3 N–H and O–H groups in total. The van der Waals surface area contributed by atoms with E-state index in [-0.39, 0.29) is 19.1 Å². The maximum absolute atomic E-state index is 12.8. The number of allylic oxidation sites excluding steroid dienone is 14. The minimum atomic E-state index is -4.31. The number of unbranched alkanes of at least 4 members (excludes halogenated alkanes) is 13. The van der Waals surface area contributed by atoms with Gasteiger partial charge in [-0.25, -0.2) is 4.57 Å². The standard InChI is InChI=1S/C49H87N2O6P/c1-6-8-10-12-14-15-16-17-18-19-20-21-22-23-24-25-26-27-28-29-30-31-32-33-34-35-37-39-41-43-49(53)50-47(48(52)42-40-38-36-13-11-9-7-2)46-57-58(54,55)56-45-44-51(3,4)5/h8,10,14-15,17-18,20-21,23-24,26-27,29-30,47-48,52H,6-7,9,11-13,16,19,22,25,28,31-46H2,1-5H3,(H-,50,53,54,55)/p+1/b10-8-,15-14-,18-17-,21-20-,24-23-,27-26-,30-29-. The Morgan fingerprint density at radius 3 is 1.52 bits per heavy atom. The van der Waals surface area contributed by atoms with Gasteiger partial charge in [-0.2, -0.15) is 0 Å². The summed E-state index contributed by atoms with van der Waals surface area (Å²) in [5, 5.41) is 13.8. The van der Waals surface area contributed by atoms with Crippen molar-refractivity contribution in [1.29, 1.82) is 0 Å². The van der Waals surface area contributed by atoms with Crippen molar-refractivity contribution in [3.63, 3.8) is 0 Å². The smallest absolute Gasteiger partial charge is 0.391 e. The van der Waals surface area contributed by atoms with Gasteiger partial charge >= 0.3 is 7.82 Å². The molecule has 0 bridgehead atoms. The Morgan fingerprint density at radius 1 is 0.603 bits per heavy atom. The van der Waals surface area contributed by atoms with E-state index >= 15 is 0 Å². The number of carbonyl (C=O) groups excluding carboxylic acids is 1. The van der Waals surface area contributed by atoms with E-state index in [1.807, 2.05) is 21.1 Å². The molecule has 334 valence electrons. The lowest BCUT2D eigenvalue weighted by Gasteiger charge is -2.26. The molecule has 0 fully saturated rings. The van der Waals surface area contributed by atoms with Gasteiger partial charge in [-0.05, 0) is 70.6 Å². The Kier molecular flexibility index (Phi) is 38.5. The molecule has 0 heterocycles. The summed E-state index contributed by atoms with van der Waals surface area (Å²) < 4.78 is 23.5. The monoisotopic (exact) mass is 832 g/mol. The summed E-state index contributed by atoms with van der Waals surface area (Å²) in [4.78, 5) is 23.0. The van der Waals surface area contributed by atoms with Gasteiger partial charge in [0.1, 0.15) is 13.2 Å². The molecule has 3 atom stereocenters. The van der Waals surface area contributed by atoms with Gasteiger partial charge in [-0.3, -0.25) is 13.8 Å². The molecule has 0 radical (unpaired) electrons. The lowest BCUT2D eigenvalue weighted by molar-refractivity contribution is -0.870. The Labute approximate surface area is 356 Å². The van der Waals surface area contributed by atoms with Gasteiger partial charge in [-0.15, -0.1) is 0 Å². The highest BCUT2D eigenvalue weighted by atomic mass is 31.2. The number of phosphoric acid groups is 1. The number of likely N-dealkylation sites (N-methyl/N-ethyl adjacent to an activating group) is 1. The number of aliphatic hydroxyl groups is 1. The van der Waals surface area contributed by atoms with Crippen molar-refractivity contribution in [2.24, 2.45) is 0 Å². The molecule has 0 aliphatic rings. The normalized spacial score (nSPS) is 15.1. The highest BCUT2D eigenvalue weighted by molar-refractivity contribution is 7.47. The number of aliphatic hydroxyl groups excluding tert-OH is 1. The number of nitrogens with one attached hydrogen (secondary N) is 1. The topological polar surface area (TPSA) is 105 Å². The van der Waals surface area contributed by atoms with Gasteiger partial charge in [0.15, 0.2) is 0 Å². The molecule has 0 aliphatic carbocycles. The molecule has 9 heteroatoms. The van der Waals surface area contributed by atoms with Crippen LogP contribution in [0.1, 0.15) is 168 Å². The first kappa shape index (κ1) is 55.7. The Balaban J connectivity index is 4.14. The van der Waals surface area contributed by atoms with Crippen LogP contribution in [0.3, 0.4) is 0 Å². The minimum absolute atomic E-state index is 0.0671. The van der Waals surface area contributed by atoms with Crippen LogP contribution in [0, 0.1) is 0 Å². The van der Waals surface area contributed by atoms with Crippen LogP contribution < -0.4 is 5.32 Å². The minimum Gasteiger partial charge on any atom is -0.391 e. The second kappa shape index (κ2) is 40.1. The quantitative estimate of drug-likeness (QED) is 0.0246. The highest BCUT2D eigenvalue weighted by Crippen LogP contribution is 2.43.